The summed E-state index contributed by atoms with van der Waals surface area (Å²) in [5, 5.41) is 6.18. The molecule has 1 aliphatic heterocycles. The van der Waals surface area contributed by atoms with E-state index < -0.39 is 0 Å². The summed E-state index contributed by atoms with van der Waals surface area (Å²) in [4.78, 5) is 0. The largest absolute Gasteiger partial charge is 0.484 e. The minimum Gasteiger partial charge on any atom is -0.484 e. The Morgan fingerprint density at radius 2 is 2.06 bits per heavy atom. The zero-order valence-electron chi connectivity index (χ0n) is 10.5. The lowest BCUT2D eigenvalue weighted by Gasteiger charge is -2.35. The average Bonchev–Trinajstić information content (AvgIpc) is 2.25. The van der Waals surface area contributed by atoms with E-state index in [1.165, 1.54) is 0 Å². The Hall–Kier alpha value is -1.71. The van der Waals surface area contributed by atoms with Gasteiger partial charge in [-0.2, -0.15) is 0 Å². The van der Waals surface area contributed by atoms with Crippen LogP contribution >= 0.6 is 0 Å². The quantitative estimate of drug-likeness (QED) is 0.803. The molecule has 0 saturated carbocycles. The van der Waals surface area contributed by atoms with Crippen LogP contribution < -0.4 is 4.74 Å². The van der Waals surface area contributed by atoms with Gasteiger partial charge in [-0.05, 0) is 26.0 Å². The van der Waals surface area contributed by atoms with E-state index >= 15 is 0 Å². The molecule has 0 N–H and O–H groups in total. The summed E-state index contributed by atoms with van der Waals surface area (Å²) >= 11 is 0. The minimum absolute atomic E-state index is 0.216. The molecule has 0 spiro atoms. The molecule has 0 aromatic heterocycles. The number of para-hydroxylation sites is 1. The van der Waals surface area contributed by atoms with Crippen LogP contribution in [0.1, 0.15) is 13.8 Å². The topological polar surface area (TPSA) is 34.1 Å². The van der Waals surface area contributed by atoms with Crippen LogP contribution in [0.15, 0.2) is 35.4 Å². The normalized spacial score (nSPS) is 18.3. The average molecular weight is 234 g/mol. The number of likely N-dealkylation sites (N-methyl/N-ethyl adjacent to an activating group) is 1. The Kier molecular flexibility index (Phi) is 3.22. The van der Waals surface area contributed by atoms with Crippen molar-refractivity contribution in [3.05, 3.63) is 30.3 Å². The van der Waals surface area contributed by atoms with Crippen LogP contribution in [0.3, 0.4) is 0 Å². The molecule has 1 aliphatic rings. The molecular formula is C13H18N2O2. The summed E-state index contributed by atoms with van der Waals surface area (Å²) in [6.45, 7) is 5.22. The van der Waals surface area contributed by atoms with E-state index in [0.29, 0.717) is 12.5 Å². The first-order chi connectivity index (χ1) is 8.05. The van der Waals surface area contributed by atoms with Crippen molar-refractivity contribution in [3.8, 4) is 5.75 Å². The maximum atomic E-state index is 5.75. The van der Waals surface area contributed by atoms with Crippen molar-refractivity contribution in [1.82, 2.24) is 5.01 Å². The summed E-state index contributed by atoms with van der Waals surface area (Å²) < 4.78 is 11.4. The first kappa shape index (κ1) is 11.8. The first-order valence-electron chi connectivity index (χ1n) is 5.71. The molecular weight excluding hydrogens is 216 g/mol. The number of benzene rings is 1. The van der Waals surface area contributed by atoms with Crippen molar-refractivity contribution >= 4 is 5.90 Å². The maximum Gasteiger partial charge on any atom is 0.245 e. The highest BCUT2D eigenvalue weighted by molar-refractivity contribution is 5.78. The summed E-state index contributed by atoms with van der Waals surface area (Å²) in [6, 6.07) is 9.67. The highest BCUT2D eigenvalue weighted by Crippen LogP contribution is 2.17. The molecule has 92 valence electrons. The molecule has 0 radical (unpaired) electrons. The number of hydrazone groups is 1. The Labute approximate surface area is 102 Å². The molecule has 0 amide bonds. The van der Waals surface area contributed by atoms with Gasteiger partial charge in [0.05, 0.1) is 6.54 Å². The van der Waals surface area contributed by atoms with E-state index in [1.54, 1.807) is 0 Å². The molecule has 1 heterocycles. The summed E-state index contributed by atoms with van der Waals surface area (Å²) in [5.74, 6) is 1.44. The molecule has 1 aromatic rings. The number of nitrogens with zero attached hydrogens (tertiary/aromatic N) is 2. The van der Waals surface area contributed by atoms with E-state index in [9.17, 15) is 0 Å². The third kappa shape index (κ3) is 3.37. The van der Waals surface area contributed by atoms with Gasteiger partial charge < -0.3 is 9.47 Å². The lowest BCUT2D eigenvalue weighted by Crippen LogP contribution is -2.44. The molecule has 4 nitrogen and oxygen atoms in total. The van der Waals surface area contributed by atoms with Crippen molar-refractivity contribution in [1.29, 1.82) is 0 Å². The second kappa shape index (κ2) is 4.65. The SMILES string of the molecule is CN1CC(C)(C)OC(COc2ccccc2)=N1. The molecule has 0 aliphatic carbocycles. The van der Waals surface area contributed by atoms with E-state index in [0.717, 1.165) is 12.3 Å². The van der Waals surface area contributed by atoms with Gasteiger partial charge in [-0.15, -0.1) is 5.10 Å². The fourth-order valence-electron chi connectivity index (χ4n) is 1.87. The summed E-state index contributed by atoms with van der Waals surface area (Å²) in [7, 11) is 1.94. The Morgan fingerprint density at radius 1 is 1.35 bits per heavy atom. The van der Waals surface area contributed by atoms with Crippen molar-refractivity contribution in [2.24, 2.45) is 5.10 Å². The minimum atomic E-state index is -0.216. The second-order valence-electron chi connectivity index (χ2n) is 4.77. The van der Waals surface area contributed by atoms with Gasteiger partial charge in [-0.3, -0.25) is 5.01 Å². The van der Waals surface area contributed by atoms with Gasteiger partial charge in [-0.25, -0.2) is 0 Å². The smallest absolute Gasteiger partial charge is 0.245 e. The van der Waals surface area contributed by atoms with Gasteiger partial charge in [0.2, 0.25) is 5.90 Å². The number of hydrogen-bond acceptors (Lipinski definition) is 4. The van der Waals surface area contributed by atoms with Gasteiger partial charge in [0, 0.05) is 7.05 Å². The van der Waals surface area contributed by atoms with Crippen molar-refractivity contribution in [3.63, 3.8) is 0 Å². The zero-order chi connectivity index (χ0) is 12.3. The van der Waals surface area contributed by atoms with Crippen LogP contribution in [0.4, 0.5) is 0 Å². The van der Waals surface area contributed by atoms with Crippen molar-refractivity contribution in [2.75, 3.05) is 20.2 Å². The number of ether oxygens (including phenoxy) is 2. The van der Waals surface area contributed by atoms with Crippen LogP contribution in [-0.2, 0) is 4.74 Å². The van der Waals surface area contributed by atoms with Crippen LogP contribution in [0.5, 0.6) is 5.75 Å². The standard InChI is InChI=1S/C13H18N2O2/c1-13(2)10-15(3)14-12(17-13)9-16-11-7-5-4-6-8-11/h4-8H,9-10H2,1-3H3. The van der Waals surface area contributed by atoms with Crippen molar-refractivity contribution < 1.29 is 9.47 Å². The van der Waals surface area contributed by atoms with E-state index in [1.807, 2.05) is 56.2 Å². The van der Waals surface area contributed by atoms with Crippen LogP contribution in [0, 0.1) is 0 Å². The van der Waals surface area contributed by atoms with Gasteiger partial charge >= 0.3 is 0 Å². The Morgan fingerprint density at radius 3 is 2.71 bits per heavy atom. The first-order valence-corrected chi connectivity index (χ1v) is 5.71. The van der Waals surface area contributed by atoms with Gasteiger partial charge in [0.15, 0.2) is 6.61 Å². The van der Waals surface area contributed by atoms with E-state index in [4.69, 9.17) is 9.47 Å². The summed E-state index contributed by atoms with van der Waals surface area (Å²) in [5.41, 5.74) is -0.216. The maximum absolute atomic E-state index is 5.75. The Bertz CT molecular complexity index is 401. The number of rotatable bonds is 3. The molecule has 0 atom stereocenters. The lowest BCUT2D eigenvalue weighted by atomic mass is 10.1. The second-order valence-corrected chi connectivity index (χ2v) is 4.77. The van der Waals surface area contributed by atoms with E-state index in [-0.39, 0.29) is 5.60 Å². The monoisotopic (exact) mass is 234 g/mol. The van der Waals surface area contributed by atoms with Gasteiger partial charge in [-0.1, -0.05) is 18.2 Å². The van der Waals surface area contributed by atoms with Gasteiger partial charge in [0.1, 0.15) is 11.4 Å². The van der Waals surface area contributed by atoms with Gasteiger partial charge in [0.25, 0.3) is 0 Å². The highest BCUT2D eigenvalue weighted by atomic mass is 16.6. The molecule has 1 aromatic carbocycles. The molecule has 2 rings (SSSR count). The molecule has 0 unspecified atom stereocenters. The molecule has 17 heavy (non-hydrogen) atoms. The molecule has 4 heteroatoms. The third-order valence-electron chi connectivity index (χ3n) is 2.39. The molecule has 0 bridgehead atoms. The molecule has 0 saturated heterocycles. The predicted molar refractivity (Wildman–Crippen MR) is 67.2 cm³/mol. The fraction of sp³-hybridized carbons (Fsp3) is 0.462. The van der Waals surface area contributed by atoms with Crippen LogP contribution in [0.2, 0.25) is 0 Å². The van der Waals surface area contributed by atoms with Crippen molar-refractivity contribution in [2.45, 2.75) is 19.4 Å². The van der Waals surface area contributed by atoms with E-state index in [2.05, 4.69) is 5.10 Å². The number of hydrogen-bond donors (Lipinski definition) is 0. The van der Waals surface area contributed by atoms with Crippen LogP contribution in [0.25, 0.3) is 0 Å². The molecule has 0 fully saturated rings. The van der Waals surface area contributed by atoms with Crippen LogP contribution in [-0.4, -0.2) is 36.7 Å². The third-order valence-corrected chi connectivity index (χ3v) is 2.39. The predicted octanol–water partition coefficient (Wildman–Crippen LogP) is 2.12. The zero-order valence-corrected chi connectivity index (χ0v) is 10.5. The Balaban J connectivity index is 1.95. The highest BCUT2D eigenvalue weighted by Gasteiger charge is 2.28. The fourth-order valence-corrected chi connectivity index (χ4v) is 1.87. The lowest BCUT2D eigenvalue weighted by molar-refractivity contribution is 0.0236. The summed E-state index contributed by atoms with van der Waals surface area (Å²) in [6.07, 6.45) is 0.